The van der Waals surface area contributed by atoms with Crippen molar-refractivity contribution in [3.05, 3.63) is 58.9 Å². The van der Waals surface area contributed by atoms with Crippen LogP contribution in [0.5, 0.6) is 0 Å². The predicted molar refractivity (Wildman–Crippen MR) is 125 cm³/mol. The zero-order chi connectivity index (χ0) is 23.8. The van der Waals surface area contributed by atoms with Gasteiger partial charge in [-0.05, 0) is 56.3 Å². The Morgan fingerprint density at radius 1 is 1.03 bits per heavy atom. The quantitative estimate of drug-likeness (QED) is 0.651. The third-order valence-electron chi connectivity index (χ3n) is 6.12. The molecule has 2 saturated heterocycles. The predicted octanol–water partition coefficient (Wildman–Crippen LogP) is 3.24. The smallest absolute Gasteiger partial charge is 0.254 e. The van der Waals surface area contributed by atoms with Crippen LogP contribution in [0.2, 0.25) is 5.02 Å². The second-order valence-corrected chi connectivity index (χ2v) is 11.1. The highest BCUT2D eigenvalue weighted by Crippen LogP contribution is 2.29. The van der Waals surface area contributed by atoms with Gasteiger partial charge < -0.3 is 14.5 Å². The summed E-state index contributed by atoms with van der Waals surface area (Å²) in [6.07, 6.45) is 0. The normalized spacial score (nSPS) is 19.5. The van der Waals surface area contributed by atoms with Gasteiger partial charge in [-0.15, -0.1) is 0 Å². The number of ether oxygens (including phenoxy) is 1. The molecule has 2 fully saturated rings. The second-order valence-electron chi connectivity index (χ2n) is 8.83. The Hall–Kier alpha value is -2.20. The van der Waals surface area contributed by atoms with Gasteiger partial charge in [-0.2, -0.15) is 4.31 Å². The molecule has 10 heteroatoms. The standard InChI is InChI=1S/C23H27ClFN3O4S/c1-23(2)16-32-14-13-28(23)22(29)17-3-8-20(24)21(15-17)33(30,31)27-11-9-26(10-12-27)19-6-4-18(25)5-7-19/h3-8,15H,9-14,16H2,1-2H3. The van der Waals surface area contributed by atoms with Crippen molar-refractivity contribution in [1.29, 1.82) is 0 Å². The van der Waals surface area contributed by atoms with Gasteiger partial charge in [-0.1, -0.05) is 11.6 Å². The highest BCUT2D eigenvalue weighted by molar-refractivity contribution is 7.89. The first-order valence-electron chi connectivity index (χ1n) is 10.8. The van der Waals surface area contributed by atoms with E-state index in [9.17, 15) is 17.6 Å². The number of carbonyl (C=O) groups is 1. The van der Waals surface area contributed by atoms with Crippen LogP contribution in [-0.4, -0.2) is 75.0 Å². The monoisotopic (exact) mass is 495 g/mol. The topological polar surface area (TPSA) is 70.2 Å². The maximum atomic E-state index is 13.4. The van der Waals surface area contributed by atoms with Crippen LogP contribution in [0.4, 0.5) is 10.1 Å². The molecular formula is C23H27ClFN3O4S. The van der Waals surface area contributed by atoms with E-state index in [2.05, 4.69) is 0 Å². The minimum Gasteiger partial charge on any atom is -0.377 e. The van der Waals surface area contributed by atoms with Gasteiger partial charge in [0, 0.05) is 44.0 Å². The number of halogens is 2. The van der Waals surface area contributed by atoms with Crippen molar-refractivity contribution in [3.63, 3.8) is 0 Å². The molecule has 2 aliphatic rings. The SMILES string of the molecule is CC1(C)COCCN1C(=O)c1ccc(Cl)c(S(=O)(=O)N2CCN(c3ccc(F)cc3)CC2)c1. The fourth-order valence-electron chi connectivity index (χ4n) is 4.20. The van der Waals surface area contributed by atoms with Gasteiger partial charge in [-0.25, -0.2) is 12.8 Å². The van der Waals surface area contributed by atoms with Gasteiger partial charge in [-0.3, -0.25) is 4.79 Å². The molecule has 2 aromatic rings. The van der Waals surface area contributed by atoms with E-state index in [-0.39, 0.29) is 40.3 Å². The van der Waals surface area contributed by atoms with Crippen molar-refractivity contribution in [2.45, 2.75) is 24.3 Å². The molecule has 0 saturated carbocycles. The number of sulfonamides is 1. The van der Waals surface area contributed by atoms with E-state index in [1.807, 2.05) is 18.7 Å². The molecule has 0 atom stereocenters. The molecule has 33 heavy (non-hydrogen) atoms. The van der Waals surface area contributed by atoms with Gasteiger partial charge in [0.1, 0.15) is 10.7 Å². The number of amides is 1. The molecule has 0 radical (unpaired) electrons. The number of anilines is 1. The lowest BCUT2D eigenvalue weighted by atomic mass is 10.0. The van der Waals surface area contributed by atoms with Crippen LogP contribution in [0.3, 0.4) is 0 Å². The Bertz CT molecular complexity index is 1130. The number of benzene rings is 2. The molecule has 178 valence electrons. The molecule has 2 aromatic carbocycles. The van der Waals surface area contributed by atoms with Crippen molar-refractivity contribution in [3.8, 4) is 0 Å². The minimum atomic E-state index is -3.90. The second kappa shape index (κ2) is 9.21. The lowest BCUT2D eigenvalue weighted by Gasteiger charge is -2.42. The summed E-state index contributed by atoms with van der Waals surface area (Å²) in [7, 11) is -3.90. The number of hydrogen-bond acceptors (Lipinski definition) is 5. The fourth-order valence-corrected chi connectivity index (χ4v) is 6.12. The van der Waals surface area contributed by atoms with Crippen LogP contribution in [-0.2, 0) is 14.8 Å². The average Bonchev–Trinajstić information content (AvgIpc) is 2.79. The summed E-state index contributed by atoms with van der Waals surface area (Å²) in [5.41, 5.74) is 0.620. The lowest BCUT2D eigenvalue weighted by molar-refractivity contribution is -0.0370. The lowest BCUT2D eigenvalue weighted by Crippen LogP contribution is -2.55. The van der Waals surface area contributed by atoms with E-state index >= 15 is 0 Å². The van der Waals surface area contributed by atoms with Crippen LogP contribution in [0.25, 0.3) is 0 Å². The maximum absolute atomic E-state index is 13.4. The summed E-state index contributed by atoms with van der Waals surface area (Å²) in [5, 5.41) is 0.0775. The van der Waals surface area contributed by atoms with Crippen LogP contribution in [0.15, 0.2) is 47.4 Å². The summed E-state index contributed by atoms with van der Waals surface area (Å²) < 4.78 is 46.9. The summed E-state index contributed by atoms with van der Waals surface area (Å²) in [6.45, 7) is 6.54. The molecule has 1 amide bonds. The molecule has 0 aliphatic carbocycles. The Labute approximate surface area is 198 Å². The molecule has 0 N–H and O–H groups in total. The van der Waals surface area contributed by atoms with E-state index < -0.39 is 15.6 Å². The van der Waals surface area contributed by atoms with Crippen molar-refractivity contribution in [2.24, 2.45) is 0 Å². The van der Waals surface area contributed by atoms with E-state index in [1.54, 1.807) is 23.1 Å². The molecule has 0 bridgehead atoms. The van der Waals surface area contributed by atoms with Crippen molar-refractivity contribution >= 4 is 33.2 Å². The summed E-state index contributed by atoms with van der Waals surface area (Å²) in [4.78, 5) is 16.8. The van der Waals surface area contributed by atoms with Gasteiger partial charge >= 0.3 is 0 Å². The maximum Gasteiger partial charge on any atom is 0.254 e. The third kappa shape index (κ3) is 4.87. The van der Waals surface area contributed by atoms with E-state index in [0.29, 0.717) is 32.8 Å². The van der Waals surface area contributed by atoms with Gasteiger partial charge in [0.15, 0.2) is 0 Å². The molecule has 0 aromatic heterocycles. The van der Waals surface area contributed by atoms with Crippen LogP contribution in [0, 0.1) is 5.82 Å². The molecule has 4 rings (SSSR count). The molecule has 2 aliphatic heterocycles. The Morgan fingerprint density at radius 2 is 1.70 bits per heavy atom. The highest BCUT2D eigenvalue weighted by Gasteiger charge is 2.36. The zero-order valence-corrected chi connectivity index (χ0v) is 20.2. The van der Waals surface area contributed by atoms with E-state index in [1.165, 1.54) is 28.6 Å². The number of carbonyl (C=O) groups excluding carboxylic acids is 1. The minimum absolute atomic E-state index is 0.0729. The molecule has 0 unspecified atom stereocenters. The van der Waals surface area contributed by atoms with Gasteiger partial charge in [0.05, 0.1) is 23.8 Å². The fraction of sp³-hybridized carbons (Fsp3) is 0.435. The number of piperazine rings is 1. The van der Waals surface area contributed by atoms with Gasteiger partial charge in [0.25, 0.3) is 5.91 Å². The first-order chi connectivity index (χ1) is 15.6. The van der Waals surface area contributed by atoms with Crippen LogP contribution in [0.1, 0.15) is 24.2 Å². The Morgan fingerprint density at radius 3 is 2.33 bits per heavy atom. The Kier molecular flexibility index (Phi) is 6.68. The van der Waals surface area contributed by atoms with Crippen LogP contribution >= 0.6 is 11.6 Å². The van der Waals surface area contributed by atoms with Gasteiger partial charge in [0.2, 0.25) is 10.0 Å². The summed E-state index contributed by atoms with van der Waals surface area (Å²) in [6, 6.07) is 10.5. The zero-order valence-electron chi connectivity index (χ0n) is 18.6. The van der Waals surface area contributed by atoms with Crippen molar-refractivity contribution < 1.29 is 22.3 Å². The van der Waals surface area contributed by atoms with E-state index in [4.69, 9.17) is 16.3 Å². The first-order valence-corrected chi connectivity index (χ1v) is 12.6. The first kappa shape index (κ1) is 23.9. The molecular weight excluding hydrogens is 469 g/mol. The average molecular weight is 496 g/mol. The number of morpholine rings is 1. The van der Waals surface area contributed by atoms with Crippen molar-refractivity contribution in [2.75, 3.05) is 50.8 Å². The largest absolute Gasteiger partial charge is 0.377 e. The summed E-state index contributed by atoms with van der Waals surface area (Å²) >= 11 is 6.29. The third-order valence-corrected chi connectivity index (χ3v) is 8.50. The number of hydrogen-bond donors (Lipinski definition) is 0. The highest BCUT2D eigenvalue weighted by atomic mass is 35.5. The number of nitrogens with zero attached hydrogens (tertiary/aromatic N) is 3. The Balaban J connectivity index is 1.53. The van der Waals surface area contributed by atoms with E-state index in [0.717, 1.165) is 5.69 Å². The molecule has 0 spiro atoms. The molecule has 2 heterocycles. The van der Waals surface area contributed by atoms with Crippen LogP contribution < -0.4 is 4.90 Å². The number of rotatable bonds is 4. The molecule has 7 nitrogen and oxygen atoms in total. The van der Waals surface area contributed by atoms with Crippen molar-refractivity contribution in [1.82, 2.24) is 9.21 Å². The summed E-state index contributed by atoms with van der Waals surface area (Å²) in [5.74, 6) is -0.568.